The molecule has 8 nitrogen and oxygen atoms in total. The van der Waals surface area contributed by atoms with E-state index in [1.165, 1.54) is 72.7 Å². The van der Waals surface area contributed by atoms with Crippen LogP contribution in [0.4, 0.5) is 14.5 Å². The first kappa shape index (κ1) is 31.5. The number of nitrogens with zero attached hydrogens (tertiary/aromatic N) is 2. The van der Waals surface area contributed by atoms with Crippen molar-refractivity contribution in [2.75, 3.05) is 24.5 Å². The van der Waals surface area contributed by atoms with Gasteiger partial charge in [0.15, 0.2) is 0 Å². The van der Waals surface area contributed by atoms with Crippen molar-refractivity contribution in [1.29, 1.82) is 0 Å². The number of sulfonamides is 1. The lowest BCUT2D eigenvalue weighted by Crippen LogP contribution is -2.52. The van der Waals surface area contributed by atoms with E-state index in [1.807, 2.05) is 6.92 Å². The van der Waals surface area contributed by atoms with Crippen molar-refractivity contribution < 1.29 is 31.5 Å². The Morgan fingerprint density at radius 2 is 1.49 bits per heavy atom. The minimum Gasteiger partial charge on any atom is -0.497 e. The molecule has 0 unspecified atom stereocenters. The quantitative estimate of drug-likeness (QED) is 0.271. The number of amides is 2. The smallest absolute Gasteiger partial charge is 0.264 e. The third-order valence-electron chi connectivity index (χ3n) is 6.52. The van der Waals surface area contributed by atoms with Crippen LogP contribution in [0.15, 0.2) is 77.7 Å². The second kappa shape index (κ2) is 14.6. The molecule has 0 aromatic heterocycles. The van der Waals surface area contributed by atoms with E-state index in [0.29, 0.717) is 17.9 Å². The summed E-state index contributed by atoms with van der Waals surface area (Å²) < 4.78 is 61.0. The summed E-state index contributed by atoms with van der Waals surface area (Å²) >= 11 is 0. The van der Waals surface area contributed by atoms with Crippen molar-refractivity contribution in [2.45, 2.75) is 50.6 Å². The molecule has 1 atom stereocenters. The van der Waals surface area contributed by atoms with Gasteiger partial charge in [-0.25, -0.2) is 17.2 Å². The largest absolute Gasteiger partial charge is 0.497 e. The zero-order valence-electron chi connectivity index (χ0n) is 23.3. The highest BCUT2D eigenvalue weighted by atomic mass is 32.2. The molecule has 0 saturated carbocycles. The lowest BCUT2D eigenvalue weighted by molar-refractivity contribution is -0.140. The van der Waals surface area contributed by atoms with E-state index in [-0.39, 0.29) is 29.5 Å². The number of rotatable bonds is 14. The molecule has 0 aliphatic rings. The van der Waals surface area contributed by atoms with Crippen molar-refractivity contribution in [2.24, 2.45) is 0 Å². The average Bonchev–Trinajstić information content (AvgIpc) is 2.97. The van der Waals surface area contributed by atoms with E-state index >= 15 is 0 Å². The van der Waals surface area contributed by atoms with Gasteiger partial charge in [-0.3, -0.25) is 13.9 Å². The monoisotopic (exact) mass is 587 g/mol. The highest BCUT2D eigenvalue weighted by Crippen LogP contribution is 2.26. The van der Waals surface area contributed by atoms with E-state index in [2.05, 4.69) is 5.32 Å². The van der Waals surface area contributed by atoms with E-state index < -0.39 is 40.2 Å². The molecule has 0 radical (unpaired) electrons. The van der Waals surface area contributed by atoms with Gasteiger partial charge in [0.2, 0.25) is 11.8 Å². The Hall–Kier alpha value is -3.99. The van der Waals surface area contributed by atoms with Gasteiger partial charge in [-0.05, 0) is 79.1 Å². The number of hydrogen-bond acceptors (Lipinski definition) is 5. The second-order valence-corrected chi connectivity index (χ2v) is 11.2. The molecule has 0 aliphatic carbocycles. The van der Waals surface area contributed by atoms with Gasteiger partial charge in [-0.15, -0.1) is 0 Å². The molecule has 0 fully saturated rings. The summed E-state index contributed by atoms with van der Waals surface area (Å²) in [5.74, 6) is -1.62. The molecule has 0 saturated heterocycles. The summed E-state index contributed by atoms with van der Waals surface area (Å²) in [5.41, 5.74) is 0.628. The number of halogens is 2. The van der Waals surface area contributed by atoms with Gasteiger partial charge in [-0.2, -0.15) is 0 Å². The molecule has 11 heteroatoms. The number of anilines is 1. The van der Waals surface area contributed by atoms with E-state index in [9.17, 15) is 26.8 Å². The Balaban J connectivity index is 2.02. The molecular weight excluding hydrogens is 552 g/mol. The van der Waals surface area contributed by atoms with Crippen molar-refractivity contribution in [3.05, 3.63) is 90.0 Å². The van der Waals surface area contributed by atoms with Crippen LogP contribution in [0.5, 0.6) is 5.75 Å². The second-order valence-electron chi connectivity index (χ2n) is 9.38. The summed E-state index contributed by atoms with van der Waals surface area (Å²) in [5, 5.41) is 2.84. The zero-order valence-corrected chi connectivity index (χ0v) is 24.2. The van der Waals surface area contributed by atoms with Crippen LogP contribution in [-0.2, 0) is 26.2 Å². The molecule has 1 N–H and O–H groups in total. The lowest BCUT2D eigenvalue weighted by atomic mass is 10.1. The molecule has 0 heterocycles. The Labute approximate surface area is 240 Å². The molecule has 41 heavy (non-hydrogen) atoms. The standard InChI is InChI=1S/C30H35F2N3O5S/c1-4-6-19-33-30(37)28(5-2)34(20-22-7-9-23(31)10-8-22)29(36)21-35(25-13-11-24(32)12-14-25)41(38,39)27-17-15-26(40-3)16-18-27/h7-18,28H,4-6,19-21H2,1-3H3,(H,33,37)/t28-/m0/s1. The van der Waals surface area contributed by atoms with Crippen molar-refractivity contribution in [1.82, 2.24) is 10.2 Å². The average molecular weight is 588 g/mol. The molecule has 0 bridgehead atoms. The maximum Gasteiger partial charge on any atom is 0.264 e. The molecule has 0 spiro atoms. The first-order valence-corrected chi connectivity index (χ1v) is 14.8. The third kappa shape index (κ3) is 8.26. The summed E-state index contributed by atoms with van der Waals surface area (Å²) in [6.07, 6.45) is 1.88. The van der Waals surface area contributed by atoms with Crippen LogP contribution in [0, 0.1) is 11.6 Å². The number of benzene rings is 3. The van der Waals surface area contributed by atoms with Crippen molar-refractivity contribution in [3.63, 3.8) is 0 Å². The number of nitrogens with one attached hydrogen (secondary N) is 1. The highest BCUT2D eigenvalue weighted by molar-refractivity contribution is 7.92. The fourth-order valence-electron chi connectivity index (χ4n) is 4.22. The number of methoxy groups -OCH3 is 1. The van der Waals surface area contributed by atoms with Crippen LogP contribution in [0.3, 0.4) is 0 Å². The first-order valence-electron chi connectivity index (χ1n) is 13.3. The van der Waals surface area contributed by atoms with Gasteiger partial charge in [0.1, 0.15) is 30.0 Å². The predicted molar refractivity (Wildman–Crippen MR) is 153 cm³/mol. The molecule has 0 aliphatic heterocycles. The molecule has 3 aromatic rings. The molecule has 3 rings (SSSR count). The summed E-state index contributed by atoms with van der Waals surface area (Å²) in [7, 11) is -2.86. The number of ether oxygens (including phenoxy) is 1. The Morgan fingerprint density at radius 1 is 0.902 bits per heavy atom. The number of unbranched alkanes of at least 4 members (excludes halogenated alkanes) is 1. The van der Waals surface area contributed by atoms with Gasteiger partial charge < -0.3 is 15.0 Å². The SMILES string of the molecule is CCCCNC(=O)[C@H](CC)N(Cc1ccc(F)cc1)C(=O)CN(c1ccc(F)cc1)S(=O)(=O)c1ccc(OC)cc1. The van der Waals surface area contributed by atoms with Crippen molar-refractivity contribution in [3.8, 4) is 5.75 Å². The Bertz CT molecular complexity index is 1400. The molecular formula is C30H35F2N3O5S. The van der Waals surface area contributed by atoms with Crippen LogP contribution >= 0.6 is 0 Å². The van der Waals surface area contributed by atoms with Crippen LogP contribution in [0.1, 0.15) is 38.7 Å². The molecule has 2 amide bonds. The minimum absolute atomic E-state index is 0.0569. The summed E-state index contributed by atoms with van der Waals surface area (Å²) in [6, 6.07) is 15.0. The van der Waals surface area contributed by atoms with Crippen molar-refractivity contribution >= 4 is 27.5 Å². The van der Waals surface area contributed by atoms with Gasteiger partial charge in [-0.1, -0.05) is 32.4 Å². The fourth-order valence-corrected chi connectivity index (χ4v) is 5.64. The maximum absolute atomic E-state index is 14.0. The normalized spacial score (nSPS) is 11.9. The molecule has 3 aromatic carbocycles. The molecule has 220 valence electrons. The highest BCUT2D eigenvalue weighted by Gasteiger charge is 2.33. The van der Waals surface area contributed by atoms with Gasteiger partial charge >= 0.3 is 0 Å². The van der Waals surface area contributed by atoms with E-state index in [4.69, 9.17) is 4.74 Å². The number of carbonyl (C=O) groups excluding carboxylic acids is 2. The maximum atomic E-state index is 14.0. The number of carbonyl (C=O) groups is 2. The predicted octanol–water partition coefficient (Wildman–Crippen LogP) is 4.89. The number of hydrogen-bond donors (Lipinski definition) is 1. The lowest BCUT2D eigenvalue weighted by Gasteiger charge is -2.33. The minimum atomic E-state index is -4.31. The van der Waals surface area contributed by atoms with E-state index in [0.717, 1.165) is 29.3 Å². The van der Waals surface area contributed by atoms with Gasteiger partial charge in [0, 0.05) is 13.1 Å². The summed E-state index contributed by atoms with van der Waals surface area (Å²) in [4.78, 5) is 28.3. The fraction of sp³-hybridized carbons (Fsp3) is 0.333. The topological polar surface area (TPSA) is 96.0 Å². The zero-order chi connectivity index (χ0) is 30.0. The summed E-state index contributed by atoms with van der Waals surface area (Å²) in [6.45, 7) is 3.44. The van der Waals surface area contributed by atoms with Crippen LogP contribution in [0.2, 0.25) is 0 Å². The Kier molecular flexibility index (Phi) is 11.2. The third-order valence-corrected chi connectivity index (χ3v) is 8.31. The van der Waals surface area contributed by atoms with Gasteiger partial charge in [0.25, 0.3) is 10.0 Å². The Morgan fingerprint density at radius 3 is 2.02 bits per heavy atom. The van der Waals surface area contributed by atoms with Crippen LogP contribution < -0.4 is 14.4 Å². The van der Waals surface area contributed by atoms with Gasteiger partial charge in [0.05, 0.1) is 17.7 Å². The first-order chi connectivity index (χ1) is 19.6. The van der Waals surface area contributed by atoms with Crippen LogP contribution in [0.25, 0.3) is 0 Å². The van der Waals surface area contributed by atoms with E-state index in [1.54, 1.807) is 6.92 Å². The van der Waals surface area contributed by atoms with Crippen LogP contribution in [-0.4, -0.2) is 51.4 Å².